The van der Waals surface area contributed by atoms with Gasteiger partial charge in [-0.2, -0.15) is 0 Å². The molecular weight excluding hydrogens is 519 g/mol. The molecule has 1 aliphatic carbocycles. The van der Waals surface area contributed by atoms with Crippen LogP contribution < -0.4 is 4.72 Å². The van der Waals surface area contributed by atoms with Crippen LogP contribution in [0.2, 0.25) is 0 Å². The molecule has 0 radical (unpaired) electrons. The molecule has 1 fully saturated rings. The fourth-order valence-corrected chi connectivity index (χ4v) is 5.79. The van der Waals surface area contributed by atoms with Crippen molar-refractivity contribution >= 4 is 21.8 Å². The highest BCUT2D eigenvalue weighted by molar-refractivity contribution is 7.90. The SMILES string of the molecule is CC12CCCC(/C=C/C(=O)NS(=O)(=O)c3cc(F)c(F)cc3F)=C1N(Cc1ccc(F)c(F)c1)C(=O)C2. The van der Waals surface area contributed by atoms with Gasteiger partial charge < -0.3 is 4.90 Å². The van der Waals surface area contributed by atoms with E-state index in [1.165, 1.54) is 17.0 Å². The molecule has 0 aromatic heterocycles. The van der Waals surface area contributed by atoms with Gasteiger partial charge in [-0.25, -0.2) is 35.1 Å². The Morgan fingerprint density at radius 3 is 2.41 bits per heavy atom. The van der Waals surface area contributed by atoms with Crippen molar-refractivity contribution in [3.8, 4) is 0 Å². The van der Waals surface area contributed by atoms with E-state index in [1.54, 1.807) is 4.72 Å². The number of carbonyl (C=O) groups excluding carboxylic acids is 2. The summed E-state index contributed by atoms with van der Waals surface area (Å²) >= 11 is 0. The third-order valence-electron chi connectivity index (χ3n) is 6.42. The van der Waals surface area contributed by atoms with E-state index in [1.807, 2.05) is 6.92 Å². The lowest BCUT2D eigenvalue weighted by Gasteiger charge is -2.34. The highest BCUT2D eigenvalue weighted by Gasteiger charge is 2.46. The second-order valence-corrected chi connectivity index (χ2v) is 10.8. The summed E-state index contributed by atoms with van der Waals surface area (Å²) in [6.45, 7) is 1.84. The molecule has 12 heteroatoms. The Morgan fingerprint density at radius 1 is 1.03 bits per heavy atom. The predicted octanol–water partition coefficient (Wildman–Crippen LogP) is 4.62. The molecule has 1 aliphatic heterocycles. The van der Waals surface area contributed by atoms with Gasteiger partial charge in [0.05, 0.1) is 6.54 Å². The minimum absolute atomic E-state index is 0.0335. The molecule has 4 rings (SSSR count). The van der Waals surface area contributed by atoms with Crippen LogP contribution in [0.4, 0.5) is 22.0 Å². The number of fused-ring (bicyclic) bond motifs is 1. The number of sulfonamides is 1. The lowest BCUT2D eigenvalue weighted by molar-refractivity contribution is -0.127. The lowest BCUT2D eigenvalue weighted by atomic mass is 9.74. The zero-order valence-corrected chi connectivity index (χ0v) is 20.3. The summed E-state index contributed by atoms with van der Waals surface area (Å²) in [5.41, 5.74) is 0.932. The normalized spacial score (nSPS) is 20.1. The third-order valence-corrected chi connectivity index (χ3v) is 7.78. The molecule has 1 unspecified atom stereocenters. The maximum absolute atomic E-state index is 13.9. The lowest BCUT2D eigenvalue weighted by Crippen LogP contribution is -2.30. The van der Waals surface area contributed by atoms with Crippen molar-refractivity contribution in [2.75, 3.05) is 0 Å². The van der Waals surface area contributed by atoms with E-state index < -0.39 is 55.3 Å². The van der Waals surface area contributed by atoms with E-state index in [-0.39, 0.29) is 31.0 Å². The predicted molar refractivity (Wildman–Crippen MR) is 121 cm³/mol. The summed E-state index contributed by atoms with van der Waals surface area (Å²) in [5, 5.41) is 0. The number of nitrogens with one attached hydrogen (secondary N) is 1. The number of amides is 2. The van der Waals surface area contributed by atoms with Gasteiger partial charge >= 0.3 is 0 Å². The zero-order valence-electron chi connectivity index (χ0n) is 19.5. The molecular formula is C25H21F5N2O4S. The maximum atomic E-state index is 13.9. The van der Waals surface area contributed by atoms with Gasteiger partial charge in [-0.3, -0.25) is 9.59 Å². The molecule has 2 aromatic rings. The first-order chi connectivity index (χ1) is 17.3. The zero-order chi connectivity index (χ0) is 27.1. The summed E-state index contributed by atoms with van der Waals surface area (Å²) in [4.78, 5) is 25.4. The molecule has 196 valence electrons. The summed E-state index contributed by atoms with van der Waals surface area (Å²) in [5.74, 6) is -8.27. The molecule has 2 amide bonds. The van der Waals surface area contributed by atoms with E-state index >= 15 is 0 Å². The minimum atomic E-state index is -4.86. The van der Waals surface area contributed by atoms with Crippen molar-refractivity contribution in [3.63, 3.8) is 0 Å². The van der Waals surface area contributed by atoms with E-state index in [4.69, 9.17) is 0 Å². The van der Waals surface area contributed by atoms with E-state index in [2.05, 4.69) is 0 Å². The number of likely N-dealkylation sites (tertiary alicyclic amines) is 1. The Bertz CT molecular complexity index is 1470. The first-order valence-corrected chi connectivity index (χ1v) is 12.7. The summed E-state index contributed by atoms with van der Waals surface area (Å²) < 4.78 is 93.8. The van der Waals surface area contributed by atoms with Crippen LogP contribution in [-0.2, 0) is 26.2 Å². The summed E-state index contributed by atoms with van der Waals surface area (Å²) in [6.07, 6.45) is 4.15. The quantitative estimate of drug-likeness (QED) is 0.329. The molecule has 1 heterocycles. The highest BCUT2D eigenvalue weighted by atomic mass is 32.2. The van der Waals surface area contributed by atoms with Gasteiger partial charge in [0.15, 0.2) is 23.3 Å². The largest absolute Gasteiger partial charge is 0.311 e. The third kappa shape index (κ3) is 5.29. The molecule has 0 spiro atoms. The Kier molecular flexibility index (Phi) is 6.97. The molecule has 1 atom stereocenters. The maximum Gasteiger partial charge on any atom is 0.267 e. The standard InChI is InChI=1S/C25H21F5N2O4S/c1-25-8-2-3-15(24(25)32(23(34)12-25)13-14-4-6-16(26)17(27)9-14)5-7-22(33)31-37(35,36)21-11-19(29)18(28)10-20(21)30/h4-7,9-11H,2-3,8,12-13H2,1H3,(H,31,33)/b7-5+. The van der Waals surface area contributed by atoms with Crippen LogP contribution in [-0.4, -0.2) is 25.1 Å². The van der Waals surface area contributed by atoms with Crippen molar-refractivity contribution in [1.82, 2.24) is 9.62 Å². The number of allylic oxidation sites excluding steroid dienone is 3. The topological polar surface area (TPSA) is 83.6 Å². The molecule has 0 saturated carbocycles. The number of benzene rings is 2. The van der Waals surface area contributed by atoms with Gasteiger partial charge in [0.2, 0.25) is 5.91 Å². The van der Waals surface area contributed by atoms with E-state index in [9.17, 15) is 40.0 Å². The van der Waals surface area contributed by atoms with Crippen LogP contribution in [0.5, 0.6) is 0 Å². The van der Waals surface area contributed by atoms with Crippen LogP contribution in [0, 0.1) is 34.5 Å². The van der Waals surface area contributed by atoms with Crippen molar-refractivity contribution in [1.29, 1.82) is 0 Å². The van der Waals surface area contributed by atoms with E-state index in [0.717, 1.165) is 18.2 Å². The van der Waals surface area contributed by atoms with Gasteiger partial charge in [0, 0.05) is 35.7 Å². The number of carbonyl (C=O) groups is 2. The summed E-state index contributed by atoms with van der Waals surface area (Å²) in [6, 6.07) is 3.49. The fraction of sp³-hybridized carbons (Fsp3) is 0.280. The first-order valence-electron chi connectivity index (χ1n) is 11.2. The Morgan fingerprint density at radius 2 is 1.70 bits per heavy atom. The molecule has 37 heavy (non-hydrogen) atoms. The van der Waals surface area contributed by atoms with Gasteiger partial charge in [-0.05, 0) is 42.5 Å². The average Bonchev–Trinajstić information content (AvgIpc) is 3.06. The van der Waals surface area contributed by atoms with Crippen molar-refractivity contribution in [2.45, 2.75) is 44.0 Å². The molecule has 1 saturated heterocycles. The fourth-order valence-electron chi connectivity index (χ4n) is 4.78. The van der Waals surface area contributed by atoms with Gasteiger partial charge in [0.1, 0.15) is 10.7 Å². The second-order valence-electron chi connectivity index (χ2n) is 9.19. The van der Waals surface area contributed by atoms with Gasteiger partial charge in [-0.1, -0.05) is 19.1 Å². The van der Waals surface area contributed by atoms with Crippen molar-refractivity contribution in [2.24, 2.45) is 5.41 Å². The first kappa shape index (κ1) is 26.5. The second kappa shape index (κ2) is 9.73. The Labute approximate surface area is 209 Å². The Balaban J connectivity index is 1.61. The minimum Gasteiger partial charge on any atom is -0.311 e. The molecule has 2 aliphatic rings. The number of halogens is 5. The van der Waals surface area contributed by atoms with Crippen molar-refractivity contribution in [3.05, 3.63) is 88.4 Å². The van der Waals surface area contributed by atoms with Crippen LogP contribution in [0.1, 0.15) is 38.2 Å². The number of rotatable bonds is 6. The molecule has 0 bridgehead atoms. The monoisotopic (exact) mass is 540 g/mol. The smallest absolute Gasteiger partial charge is 0.267 e. The molecule has 6 nitrogen and oxygen atoms in total. The van der Waals surface area contributed by atoms with Crippen molar-refractivity contribution < 1.29 is 40.0 Å². The van der Waals surface area contributed by atoms with Crippen LogP contribution in [0.3, 0.4) is 0 Å². The van der Waals surface area contributed by atoms with E-state index in [0.29, 0.717) is 36.1 Å². The number of nitrogens with zero attached hydrogens (tertiary/aromatic N) is 1. The van der Waals surface area contributed by atoms with Gasteiger partial charge in [0.25, 0.3) is 15.9 Å². The number of hydrogen-bond acceptors (Lipinski definition) is 4. The summed E-state index contributed by atoms with van der Waals surface area (Å²) in [7, 11) is -4.86. The molecule has 2 aromatic carbocycles. The Hall–Kier alpha value is -3.54. The number of hydrogen-bond donors (Lipinski definition) is 1. The molecule has 1 N–H and O–H groups in total. The van der Waals surface area contributed by atoms with Crippen LogP contribution in [0.25, 0.3) is 0 Å². The van der Waals surface area contributed by atoms with Crippen LogP contribution in [0.15, 0.2) is 58.6 Å². The highest BCUT2D eigenvalue weighted by Crippen LogP contribution is 2.50. The van der Waals surface area contributed by atoms with Gasteiger partial charge in [-0.15, -0.1) is 0 Å². The average molecular weight is 541 g/mol. The van der Waals surface area contributed by atoms with Crippen LogP contribution >= 0.6 is 0 Å².